The first kappa shape index (κ1) is 30.0. The van der Waals surface area contributed by atoms with Gasteiger partial charge < -0.3 is 40.2 Å². The van der Waals surface area contributed by atoms with Gasteiger partial charge in [-0.25, -0.2) is 4.79 Å². The number of aliphatic hydroxyl groups is 2. The zero-order valence-corrected chi connectivity index (χ0v) is 22.5. The number of likely N-dealkylation sites (tertiary alicyclic amines) is 1. The summed E-state index contributed by atoms with van der Waals surface area (Å²) in [5, 5.41) is 35.1. The Kier molecular flexibility index (Phi) is 9.65. The van der Waals surface area contributed by atoms with Gasteiger partial charge in [0, 0.05) is 36.7 Å². The number of hydrogen-bond donors (Lipinski definition) is 5. The molecule has 220 valence electrons. The third-order valence-corrected chi connectivity index (χ3v) is 6.94. The van der Waals surface area contributed by atoms with Gasteiger partial charge in [-0.1, -0.05) is 12.0 Å². The highest BCUT2D eigenvalue weighted by Gasteiger charge is 2.30. The molecule has 0 radical (unpaired) electrons. The molecular formula is C29H33F3N4O5. The number of rotatable bonds is 10. The molecule has 1 aliphatic heterocycles. The number of nitrogens with one attached hydrogen (secondary N) is 2. The average molecular weight is 575 g/mol. The molecule has 0 amide bonds. The topological polar surface area (TPSA) is 119 Å². The Balaban J connectivity index is 1.53. The van der Waals surface area contributed by atoms with Crippen LogP contribution in [0, 0.1) is 11.8 Å². The number of β-amino-alcohol motifs (C(OH)–C–C–N with tert-alkyl or cyclic N) is 1. The quantitative estimate of drug-likeness (QED) is 0.233. The first-order valence-electron chi connectivity index (χ1n) is 13.2. The second-order valence-electron chi connectivity index (χ2n) is 9.90. The summed E-state index contributed by atoms with van der Waals surface area (Å²) in [7, 11) is 1.41. The van der Waals surface area contributed by atoms with Gasteiger partial charge in [-0.2, -0.15) is 13.2 Å². The molecule has 4 rings (SSSR count). The number of alkyl halides is 3. The van der Waals surface area contributed by atoms with E-state index in [-0.39, 0.29) is 30.5 Å². The highest BCUT2D eigenvalue weighted by atomic mass is 19.4. The van der Waals surface area contributed by atoms with Crippen LogP contribution in [0.4, 0.5) is 24.5 Å². The smallest absolute Gasteiger partial charge is 0.406 e. The average Bonchev–Trinajstić information content (AvgIpc) is 3.28. The van der Waals surface area contributed by atoms with E-state index in [9.17, 15) is 23.1 Å². The summed E-state index contributed by atoms with van der Waals surface area (Å²) in [6, 6.07) is 11.3. The summed E-state index contributed by atoms with van der Waals surface area (Å²) in [5.74, 6) is 4.94. The number of carboxylic acid groups (broad SMARTS) is 1. The van der Waals surface area contributed by atoms with Crippen molar-refractivity contribution in [3.8, 4) is 17.6 Å². The van der Waals surface area contributed by atoms with Gasteiger partial charge in [-0.15, -0.1) is 0 Å². The molecule has 5 N–H and O–H groups in total. The predicted octanol–water partition coefficient (Wildman–Crippen LogP) is 3.60. The first-order chi connectivity index (χ1) is 19.6. The molecule has 0 aliphatic carbocycles. The van der Waals surface area contributed by atoms with E-state index in [1.165, 1.54) is 19.2 Å². The van der Waals surface area contributed by atoms with Crippen LogP contribution < -0.4 is 15.4 Å². The van der Waals surface area contributed by atoms with Crippen LogP contribution in [-0.4, -0.2) is 89.0 Å². The molecule has 1 aromatic heterocycles. The fraction of sp³-hybridized carbons (Fsp3) is 0.414. The van der Waals surface area contributed by atoms with Crippen molar-refractivity contribution in [2.45, 2.75) is 37.7 Å². The minimum absolute atomic E-state index is 0.0608. The number of methoxy groups -OCH3 is 1. The number of nitrogens with zero attached hydrogens (tertiary/aromatic N) is 2. The normalized spacial score (nSPS) is 15.3. The van der Waals surface area contributed by atoms with Gasteiger partial charge in [0.2, 0.25) is 0 Å². The lowest BCUT2D eigenvalue weighted by Gasteiger charge is -2.33. The third-order valence-electron chi connectivity index (χ3n) is 6.94. The van der Waals surface area contributed by atoms with E-state index in [0.717, 1.165) is 36.2 Å². The number of piperidine rings is 1. The molecule has 1 fully saturated rings. The molecule has 2 heterocycles. The van der Waals surface area contributed by atoms with Crippen LogP contribution in [0.5, 0.6) is 5.75 Å². The summed E-state index contributed by atoms with van der Waals surface area (Å²) in [4.78, 5) is 13.3. The highest BCUT2D eigenvalue weighted by Crippen LogP contribution is 2.31. The molecule has 9 nitrogen and oxygen atoms in total. The second-order valence-corrected chi connectivity index (χ2v) is 9.90. The van der Waals surface area contributed by atoms with Gasteiger partial charge in [-0.3, -0.25) is 0 Å². The number of hydrogen-bond acceptors (Lipinski definition) is 7. The third kappa shape index (κ3) is 7.85. The number of fused-ring (bicyclic) bond motifs is 1. The number of aromatic carboxylic acids is 1. The molecule has 1 unspecified atom stereocenters. The molecule has 2 aromatic carbocycles. The Morgan fingerprint density at radius 1 is 1.17 bits per heavy atom. The van der Waals surface area contributed by atoms with Gasteiger partial charge in [0.1, 0.15) is 12.3 Å². The number of halogens is 3. The van der Waals surface area contributed by atoms with Crippen LogP contribution in [0.15, 0.2) is 42.5 Å². The van der Waals surface area contributed by atoms with Crippen molar-refractivity contribution in [3.63, 3.8) is 0 Å². The summed E-state index contributed by atoms with van der Waals surface area (Å²) in [6.07, 6.45) is -3.66. The molecule has 3 aromatic rings. The predicted molar refractivity (Wildman–Crippen MR) is 149 cm³/mol. The lowest BCUT2D eigenvalue weighted by atomic mass is 10.0. The number of anilines is 2. The van der Waals surface area contributed by atoms with Crippen LogP contribution in [0.1, 0.15) is 28.9 Å². The molecular weight excluding hydrogens is 541 g/mol. The number of aliphatic hydroxyl groups excluding tert-OH is 2. The van der Waals surface area contributed by atoms with Crippen LogP contribution in [0.3, 0.4) is 0 Å². The van der Waals surface area contributed by atoms with Gasteiger partial charge >= 0.3 is 12.1 Å². The first-order valence-corrected chi connectivity index (χ1v) is 13.2. The zero-order chi connectivity index (χ0) is 29.6. The van der Waals surface area contributed by atoms with Gasteiger partial charge in [-0.05, 0) is 55.2 Å². The molecule has 0 spiro atoms. The van der Waals surface area contributed by atoms with Crippen molar-refractivity contribution in [2.24, 2.45) is 0 Å². The van der Waals surface area contributed by atoms with Crippen LogP contribution in [0.25, 0.3) is 10.9 Å². The van der Waals surface area contributed by atoms with E-state index in [4.69, 9.17) is 14.9 Å². The maximum atomic E-state index is 13.5. The lowest BCUT2D eigenvalue weighted by Crippen LogP contribution is -2.43. The Bertz CT molecular complexity index is 1420. The molecule has 12 heteroatoms. The van der Waals surface area contributed by atoms with E-state index in [0.29, 0.717) is 28.9 Å². The van der Waals surface area contributed by atoms with Crippen molar-refractivity contribution < 1.29 is 38.0 Å². The Morgan fingerprint density at radius 3 is 2.59 bits per heavy atom. The zero-order valence-electron chi connectivity index (χ0n) is 22.5. The SMILES string of the molecule is COc1cc(C(=O)O)ccc1NCC#Cc1cc2c(NC3CCN(CC(O)CO)CC3)cccc2n1CC(F)(F)F. The molecule has 1 atom stereocenters. The van der Waals surface area contributed by atoms with Crippen molar-refractivity contribution in [1.82, 2.24) is 9.47 Å². The van der Waals surface area contributed by atoms with Gasteiger partial charge in [0.05, 0.1) is 48.8 Å². The minimum atomic E-state index is -4.45. The number of carboxylic acids is 1. The number of benzene rings is 2. The van der Waals surface area contributed by atoms with Gasteiger partial charge in [0.25, 0.3) is 0 Å². The molecule has 0 saturated carbocycles. The molecule has 41 heavy (non-hydrogen) atoms. The second kappa shape index (κ2) is 13.2. The monoisotopic (exact) mass is 574 g/mol. The summed E-state index contributed by atoms with van der Waals surface area (Å²) in [5.41, 5.74) is 1.92. The van der Waals surface area contributed by atoms with E-state index >= 15 is 0 Å². The van der Waals surface area contributed by atoms with Crippen LogP contribution in [-0.2, 0) is 6.54 Å². The molecule has 1 saturated heterocycles. The van der Waals surface area contributed by atoms with Crippen molar-refractivity contribution in [3.05, 3.63) is 53.7 Å². The largest absolute Gasteiger partial charge is 0.495 e. The maximum absolute atomic E-state index is 13.5. The minimum Gasteiger partial charge on any atom is -0.495 e. The summed E-state index contributed by atoms with van der Waals surface area (Å²) < 4.78 is 47.0. The Hall–Kier alpha value is -3.92. The molecule has 0 bridgehead atoms. The Labute approximate surface area is 235 Å². The number of carbonyl (C=O) groups is 1. The van der Waals surface area contributed by atoms with Crippen molar-refractivity contribution in [2.75, 3.05) is 50.5 Å². The van der Waals surface area contributed by atoms with Crippen molar-refractivity contribution in [1.29, 1.82) is 0 Å². The van der Waals surface area contributed by atoms with Gasteiger partial charge in [0.15, 0.2) is 0 Å². The Morgan fingerprint density at radius 2 is 1.93 bits per heavy atom. The van der Waals surface area contributed by atoms with Crippen LogP contribution >= 0.6 is 0 Å². The number of ether oxygens (including phenoxy) is 1. The van der Waals surface area contributed by atoms with E-state index in [2.05, 4.69) is 27.4 Å². The van der Waals surface area contributed by atoms with Crippen molar-refractivity contribution >= 4 is 28.2 Å². The summed E-state index contributed by atoms with van der Waals surface area (Å²) in [6.45, 7) is 0.472. The molecule has 1 aliphatic rings. The fourth-order valence-corrected chi connectivity index (χ4v) is 4.94. The number of aromatic nitrogens is 1. The summed E-state index contributed by atoms with van der Waals surface area (Å²) >= 11 is 0. The highest BCUT2D eigenvalue weighted by molar-refractivity contribution is 5.94. The fourth-order valence-electron chi connectivity index (χ4n) is 4.94. The van der Waals surface area contributed by atoms with Crippen LogP contribution in [0.2, 0.25) is 0 Å². The van der Waals surface area contributed by atoms with E-state index in [1.807, 2.05) is 6.07 Å². The lowest BCUT2D eigenvalue weighted by molar-refractivity contribution is -0.140. The standard InChI is InChI=1S/C29H33F3N4O5/c1-41-27-14-19(28(39)40)7-8-25(27)33-11-3-4-21-15-23-24(5-2-6-26(23)36(21)18-29(30,31)32)34-20-9-12-35(13-10-20)16-22(38)17-37/h2,5-8,14-15,20,22,33-34,37-38H,9-13,16-18H2,1H3,(H,39,40). The van der Waals surface area contributed by atoms with E-state index < -0.39 is 24.8 Å². The maximum Gasteiger partial charge on any atom is 0.406 e. The van der Waals surface area contributed by atoms with E-state index in [1.54, 1.807) is 24.3 Å².